The predicted octanol–water partition coefficient (Wildman–Crippen LogP) is 5.71. The van der Waals surface area contributed by atoms with Crippen molar-refractivity contribution in [2.45, 2.75) is 40.3 Å². The third kappa shape index (κ3) is 4.61. The summed E-state index contributed by atoms with van der Waals surface area (Å²) in [6.45, 7) is 13.6. The highest BCUT2D eigenvalue weighted by Crippen LogP contribution is 2.40. The molecule has 1 aliphatic rings. The second kappa shape index (κ2) is 11.8. The fraction of sp³-hybridized carbons (Fsp3) is 0.250. The molecule has 0 spiro atoms. The fourth-order valence-corrected chi connectivity index (χ4v) is 7.45. The normalized spacial score (nSPS) is 15.0. The topological polar surface area (TPSA) is 68.8 Å². The van der Waals surface area contributed by atoms with Gasteiger partial charge in [-0.05, 0) is 56.7 Å². The molecule has 0 unspecified atom stereocenters. The summed E-state index contributed by atoms with van der Waals surface area (Å²) in [5.41, 5.74) is 4.81. The van der Waals surface area contributed by atoms with E-state index >= 15 is 0 Å². The number of hydrogen-bond donors (Lipinski definition) is 0. The van der Waals surface area contributed by atoms with E-state index in [2.05, 4.69) is 30.2 Å². The van der Waals surface area contributed by atoms with Crippen molar-refractivity contribution in [2.75, 3.05) is 20.2 Å². The number of carbonyl (C=O) groups is 1. The van der Waals surface area contributed by atoms with Gasteiger partial charge in [0.1, 0.15) is 11.8 Å². The zero-order valence-electron chi connectivity index (χ0n) is 25.8. The number of amides is 1. The van der Waals surface area contributed by atoms with Gasteiger partial charge in [0.05, 0.1) is 22.9 Å². The molecule has 0 bridgehead atoms. The molecule has 0 saturated heterocycles. The Morgan fingerprint density at radius 1 is 1.05 bits per heavy atom. The van der Waals surface area contributed by atoms with Gasteiger partial charge in [0, 0.05) is 47.4 Å². The minimum Gasteiger partial charge on any atom is -0.496 e. The Balaban J connectivity index is 1.68. The van der Waals surface area contributed by atoms with E-state index in [9.17, 15) is 9.59 Å². The predicted molar refractivity (Wildman–Crippen MR) is 179 cm³/mol. The highest BCUT2D eigenvalue weighted by Gasteiger charge is 2.36. The van der Waals surface area contributed by atoms with E-state index in [0.29, 0.717) is 46.0 Å². The molecule has 0 aliphatic carbocycles. The molecular weight excluding hydrogens is 568 g/mol. The molecule has 6 rings (SSSR count). The van der Waals surface area contributed by atoms with Gasteiger partial charge in [-0.1, -0.05) is 65.9 Å². The van der Waals surface area contributed by atoms with Crippen LogP contribution in [0, 0.1) is 6.92 Å². The number of hydrogen-bond acceptors (Lipinski definition) is 5. The molecule has 224 valence electrons. The minimum absolute atomic E-state index is 0.131. The summed E-state index contributed by atoms with van der Waals surface area (Å²) in [4.78, 5) is 36.0. The number of carbonyl (C=O) groups excluding carboxylic acids is 1. The zero-order valence-corrected chi connectivity index (χ0v) is 26.6. The highest BCUT2D eigenvalue weighted by molar-refractivity contribution is 7.07. The molecule has 1 aliphatic heterocycles. The van der Waals surface area contributed by atoms with Gasteiger partial charge in [-0.3, -0.25) is 14.2 Å². The number of ether oxygens (including phenoxy) is 1. The average Bonchev–Trinajstić information content (AvgIpc) is 3.48. The third-order valence-electron chi connectivity index (χ3n) is 8.59. The average molecular weight is 605 g/mol. The first kappa shape index (κ1) is 29.4. The lowest BCUT2D eigenvalue weighted by Crippen LogP contribution is -2.43. The lowest BCUT2D eigenvalue weighted by atomic mass is 9.90. The summed E-state index contributed by atoms with van der Waals surface area (Å²) in [5.74, 6) is 0.486. The smallest absolute Gasteiger partial charge is 0.271 e. The first-order chi connectivity index (χ1) is 21.3. The first-order valence-corrected chi connectivity index (χ1v) is 15.7. The number of fused-ring (bicyclic) bond motifs is 3. The Morgan fingerprint density at radius 3 is 2.45 bits per heavy atom. The van der Waals surface area contributed by atoms with Gasteiger partial charge >= 0.3 is 0 Å². The molecule has 5 aromatic rings. The van der Waals surface area contributed by atoms with E-state index in [0.717, 1.165) is 38.5 Å². The van der Waals surface area contributed by atoms with Crippen molar-refractivity contribution < 1.29 is 9.53 Å². The summed E-state index contributed by atoms with van der Waals surface area (Å²) in [6.07, 6.45) is 3.86. The van der Waals surface area contributed by atoms with Crippen molar-refractivity contribution in [2.24, 2.45) is 4.99 Å². The fourth-order valence-electron chi connectivity index (χ4n) is 6.42. The molecule has 0 N–H and O–H groups in total. The maximum atomic E-state index is 14.6. The standard InChI is InChI=1S/C36H36N4O3S/c1-7-20-39-23(5)27(26-16-12-13-17-28(26)39)21-30-34(41)40-33(32-25-15-11-10-14-24(25)18-19-29(32)43-6)31(22(4)37-36(40)44-30)35(42)38(8-2)9-3/h7,10-19,21,33H,1,8-9,20H2,2-6H3/b30-21+/t33-/m0/s1. The van der Waals surface area contributed by atoms with Crippen LogP contribution in [0.5, 0.6) is 5.75 Å². The molecule has 2 aromatic heterocycles. The number of allylic oxidation sites excluding steroid dienone is 2. The summed E-state index contributed by atoms with van der Waals surface area (Å²) in [6, 6.07) is 19.4. The first-order valence-electron chi connectivity index (χ1n) is 14.9. The molecule has 0 saturated carbocycles. The number of benzene rings is 3. The minimum atomic E-state index is -0.717. The second-order valence-corrected chi connectivity index (χ2v) is 11.9. The van der Waals surface area contributed by atoms with Gasteiger partial charge in [0.25, 0.3) is 11.5 Å². The molecular formula is C36H36N4O3S. The van der Waals surface area contributed by atoms with E-state index in [4.69, 9.17) is 9.73 Å². The summed E-state index contributed by atoms with van der Waals surface area (Å²) in [5, 5.41) is 2.99. The van der Waals surface area contributed by atoms with E-state index in [1.807, 2.05) is 81.5 Å². The van der Waals surface area contributed by atoms with Crippen molar-refractivity contribution in [3.05, 3.63) is 121 Å². The second-order valence-electron chi connectivity index (χ2n) is 10.9. The summed E-state index contributed by atoms with van der Waals surface area (Å²) >= 11 is 1.35. The number of nitrogens with zero attached hydrogens (tertiary/aromatic N) is 4. The van der Waals surface area contributed by atoms with E-state index < -0.39 is 6.04 Å². The largest absolute Gasteiger partial charge is 0.496 e. The third-order valence-corrected chi connectivity index (χ3v) is 9.58. The van der Waals surface area contributed by atoms with Crippen LogP contribution in [0.1, 0.15) is 43.6 Å². The van der Waals surface area contributed by atoms with Gasteiger partial charge in [-0.25, -0.2) is 4.99 Å². The van der Waals surface area contributed by atoms with Crippen molar-refractivity contribution in [3.63, 3.8) is 0 Å². The molecule has 0 radical (unpaired) electrons. The Labute approximate surface area is 260 Å². The Kier molecular flexibility index (Phi) is 7.86. The molecule has 1 atom stereocenters. The molecule has 8 heteroatoms. The van der Waals surface area contributed by atoms with Crippen LogP contribution in [0.25, 0.3) is 27.8 Å². The number of rotatable bonds is 8. The highest BCUT2D eigenvalue weighted by atomic mass is 32.1. The van der Waals surface area contributed by atoms with Crippen LogP contribution in [0.2, 0.25) is 0 Å². The number of para-hydroxylation sites is 1. The number of aromatic nitrogens is 2. The lowest BCUT2D eigenvalue weighted by Gasteiger charge is -2.30. The van der Waals surface area contributed by atoms with E-state index in [1.54, 1.807) is 16.6 Å². The lowest BCUT2D eigenvalue weighted by molar-refractivity contribution is -0.127. The molecule has 7 nitrogen and oxygen atoms in total. The molecule has 1 amide bonds. The Morgan fingerprint density at radius 2 is 1.75 bits per heavy atom. The van der Waals surface area contributed by atoms with E-state index in [1.165, 1.54) is 11.3 Å². The van der Waals surface area contributed by atoms with Gasteiger partial charge < -0.3 is 14.2 Å². The van der Waals surface area contributed by atoms with Crippen molar-refractivity contribution in [1.82, 2.24) is 14.0 Å². The summed E-state index contributed by atoms with van der Waals surface area (Å²) < 4.78 is 10.4. The number of methoxy groups -OCH3 is 1. The van der Waals surface area contributed by atoms with Crippen molar-refractivity contribution in [3.8, 4) is 5.75 Å². The zero-order chi connectivity index (χ0) is 31.1. The van der Waals surface area contributed by atoms with Gasteiger partial charge in [-0.15, -0.1) is 6.58 Å². The van der Waals surface area contributed by atoms with Crippen LogP contribution in [0.3, 0.4) is 0 Å². The van der Waals surface area contributed by atoms with Crippen LogP contribution in [0.15, 0.2) is 94.4 Å². The molecule has 0 fully saturated rings. The summed E-state index contributed by atoms with van der Waals surface area (Å²) in [7, 11) is 1.63. The van der Waals surface area contributed by atoms with Gasteiger partial charge in [0.2, 0.25) is 0 Å². The Bertz CT molecular complexity index is 2160. The van der Waals surface area contributed by atoms with Crippen LogP contribution < -0.4 is 19.6 Å². The maximum absolute atomic E-state index is 14.6. The van der Waals surface area contributed by atoms with Gasteiger partial charge in [0.15, 0.2) is 4.80 Å². The van der Waals surface area contributed by atoms with E-state index in [-0.39, 0.29) is 11.5 Å². The Hall–Kier alpha value is -4.69. The quantitative estimate of drug-likeness (QED) is 0.213. The molecule has 3 aromatic carbocycles. The van der Waals surface area contributed by atoms with Crippen LogP contribution in [0.4, 0.5) is 0 Å². The molecule has 44 heavy (non-hydrogen) atoms. The maximum Gasteiger partial charge on any atom is 0.271 e. The van der Waals surface area contributed by atoms with Gasteiger partial charge in [-0.2, -0.15) is 0 Å². The SMILES string of the molecule is C=CCn1c(C)c(/C=c2/sc3n(c2=O)[C@H](c2c(OC)ccc4ccccc24)C(C(=O)N(CC)CC)=C(C)N=3)c2ccccc21. The van der Waals surface area contributed by atoms with Crippen molar-refractivity contribution in [1.29, 1.82) is 0 Å². The van der Waals surface area contributed by atoms with Crippen molar-refractivity contribution >= 4 is 45.0 Å². The monoisotopic (exact) mass is 604 g/mol. The van der Waals surface area contributed by atoms with Crippen LogP contribution in [-0.4, -0.2) is 40.1 Å². The van der Waals surface area contributed by atoms with Crippen LogP contribution in [-0.2, 0) is 11.3 Å². The number of thiazole rings is 1. The molecule has 3 heterocycles. The van der Waals surface area contributed by atoms with Crippen LogP contribution >= 0.6 is 11.3 Å². The number of likely N-dealkylation sites (N-methyl/N-ethyl adjacent to an activating group) is 1.